The number of rotatable bonds is 5. The summed E-state index contributed by atoms with van der Waals surface area (Å²) in [6.07, 6.45) is 8.27. The van der Waals surface area contributed by atoms with Crippen LogP contribution in [0.4, 0.5) is 0 Å². The van der Waals surface area contributed by atoms with Crippen molar-refractivity contribution < 1.29 is 4.79 Å². The van der Waals surface area contributed by atoms with Crippen molar-refractivity contribution >= 4 is 35.8 Å². The topological polar surface area (TPSA) is 56.7 Å². The minimum absolute atomic E-state index is 0. The fourth-order valence-corrected chi connectivity index (χ4v) is 3.40. The van der Waals surface area contributed by atoms with Crippen molar-refractivity contribution in [2.45, 2.75) is 44.9 Å². The summed E-state index contributed by atoms with van der Waals surface area (Å²) in [5.41, 5.74) is -0.239. The van der Waals surface area contributed by atoms with Gasteiger partial charge in [0, 0.05) is 34.2 Å². The maximum absolute atomic E-state index is 12.5. The molecule has 22 heavy (non-hydrogen) atoms. The Hall–Kier alpha value is -0.530. The fourth-order valence-electron chi connectivity index (χ4n) is 3.40. The molecule has 0 aliphatic heterocycles. The Morgan fingerprint density at radius 1 is 1.18 bits per heavy atom. The van der Waals surface area contributed by atoms with Crippen molar-refractivity contribution in [1.82, 2.24) is 15.5 Å². The molecule has 0 spiro atoms. The molecule has 6 heteroatoms. The Morgan fingerprint density at radius 3 is 2.27 bits per heavy atom. The van der Waals surface area contributed by atoms with Gasteiger partial charge in [-0.2, -0.15) is 0 Å². The molecular formula is C16H31IN4O. The standard InChI is InChI=1S/C16H30N4O.HI/c1-17-15(18-11-13-7-6-8-13)19-12-16(9-4-5-10-16)14(21)20(2)3;/h13H,4-12H2,1-3H3,(H2,17,18,19);1H. The monoisotopic (exact) mass is 422 g/mol. The number of nitrogens with one attached hydrogen (secondary N) is 2. The molecule has 0 radical (unpaired) electrons. The van der Waals surface area contributed by atoms with Gasteiger partial charge in [0.2, 0.25) is 5.91 Å². The quantitative estimate of drug-likeness (QED) is 0.406. The third-order valence-corrected chi connectivity index (χ3v) is 5.02. The molecule has 5 nitrogen and oxygen atoms in total. The number of halogens is 1. The minimum atomic E-state index is -0.239. The third-order valence-electron chi connectivity index (χ3n) is 5.02. The van der Waals surface area contributed by atoms with Gasteiger partial charge in [0.25, 0.3) is 0 Å². The van der Waals surface area contributed by atoms with Crippen molar-refractivity contribution in [2.75, 3.05) is 34.2 Å². The van der Waals surface area contributed by atoms with Crippen LogP contribution in [0.2, 0.25) is 0 Å². The first-order valence-corrected chi connectivity index (χ1v) is 8.24. The van der Waals surface area contributed by atoms with Gasteiger partial charge in [0.1, 0.15) is 0 Å². The molecule has 2 aliphatic carbocycles. The van der Waals surface area contributed by atoms with Crippen LogP contribution in [0.1, 0.15) is 44.9 Å². The van der Waals surface area contributed by atoms with Crippen molar-refractivity contribution in [1.29, 1.82) is 0 Å². The van der Waals surface area contributed by atoms with Crippen LogP contribution in [0.15, 0.2) is 4.99 Å². The Labute approximate surface area is 151 Å². The van der Waals surface area contributed by atoms with Crippen LogP contribution in [-0.4, -0.2) is 51.0 Å². The first-order chi connectivity index (χ1) is 10.1. The molecule has 0 aromatic rings. The van der Waals surface area contributed by atoms with Gasteiger partial charge in [-0.1, -0.05) is 19.3 Å². The first kappa shape index (κ1) is 19.5. The van der Waals surface area contributed by atoms with Gasteiger partial charge in [-0.25, -0.2) is 0 Å². The Balaban J connectivity index is 0.00000242. The van der Waals surface area contributed by atoms with E-state index in [4.69, 9.17) is 0 Å². The smallest absolute Gasteiger partial charge is 0.230 e. The number of carbonyl (C=O) groups excluding carboxylic acids is 1. The zero-order valence-electron chi connectivity index (χ0n) is 14.2. The minimum Gasteiger partial charge on any atom is -0.356 e. The number of amides is 1. The van der Waals surface area contributed by atoms with Gasteiger partial charge in [0.15, 0.2) is 5.96 Å². The van der Waals surface area contributed by atoms with E-state index in [9.17, 15) is 4.79 Å². The number of hydrogen-bond donors (Lipinski definition) is 2. The largest absolute Gasteiger partial charge is 0.356 e. The molecule has 0 aromatic heterocycles. The summed E-state index contributed by atoms with van der Waals surface area (Å²) in [5, 5.41) is 6.78. The van der Waals surface area contributed by atoms with E-state index in [-0.39, 0.29) is 35.3 Å². The molecule has 0 bridgehead atoms. The predicted molar refractivity (Wildman–Crippen MR) is 102 cm³/mol. The van der Waals surface area contributed by atoms with E-state index in [1.165, 1.54) is 19.3 Å². The first-order valence-electron chi connectivity index (χ1n) is 8.24. The second-order valence-corrected chi connectivity index (χ2v) is 6.79. The normalized spacial score (nSPS) is 20.8. The van der Waals surface area contributed by atoms with Gasteiger partial charge in [-0.15, -0.1) is 24.0 Å². The second kappa shape index (κ2) is 8.93. The summed E-state index contributed by atoms with van der Waals surface area (Å²) >= 11 is 0. The lowest BCUT2D eigenvalue weighted by atomic mass is 9.84. The van der Waals surface area contributed by atoms with E-state index < -0.39 is 0 Å². The Kier molecular flexibility index (Phi) is 7.93. The molecule has 2 fully saturated rings. The zero-order valence-corrected chi connectivity index (χ0v) is 16.5. The van der Waals surface area contributed by atoms with E-state index in [1.807, 2.05) is 14.1 Å². The summed E-state index contributed by atoms with van der Waals surface area (Å²) in [7, 11) is 5.50. The van der Waals surface area contributed by atoms with Crippen molar-refractivity contribution in [3.05, 3.63) is 0 Å². The summed E-state index contributed by atoms with van der Waals surface area (Å²) in [6, 6.07) is 0. The maximum Gasteiger partial charge on any atom is 0.230 e. The summed E-state index contributed by atoms with van der Waals surface area (Å²) in [4.78, 5) is 18.5. The summed E-state index contributed by atoms with van der Waals surface area (Å²) < 4.78 is 0. The highest BCUT2D eigenvalue weighted by Gasteiger charge is 2.42. The number of guanidine groups is 1. The van der Waals surface area contributed by atoms with E-state index in [2.05, 4.69) is 15.6 Å². The van der Waals surface area contributed by atoms with Crippen LogP contribution in [0, 0.1) is 11.3 Å². The van der Waals surface area contributed by atoms with E-state index >= 15 is 0 Å². The van der Waals surface area contributed by atoms with Crippen molar-refractivity contribution in [3.63, 3.8) is 0 Å². The van der Waals surface area contributed by atoms with Crippen LogP contribution < -0.4 is 10.6 Å². The van der Waals surface area contributed by atoms with Crippen LogP contribution in [0.3, 0.4) is 0 Å². The van der Waals surface area contributed by atoms with Gasteiger partial charge in [0.05, 0.1) is 5.41 Å². The Morgan fingerprint density at radius 2 is 1.82 bits per heavy atom. The van der Waals surface area contributed by atoms with Gasteiger partial charge in [-0.05, 0) is 31.6 Å². The van der Waals surface area contributed by atoms with Crippen LogP contribution in [0.25, 0.3) is 0 Å². The highest BCUT2D eigenvalue weighted by atomic mass is 127. The number of hydrogen-bond acceptors (Lipinski definition) is 2. The molecule has 0 aromatic carbocycles. The van der Waals surface area contributed by atoms with Crippen molar-refractivity contribution in [2.24, 2.45) is 16.3 Å². The average molecular weight is 422 g/mol. The van der Waals surface area contributed by atoms with Gasteiger partial charge >= 0.3 is 0 Å². The average Bonchev–Trinajstić information content (AvgIpc) is 2.89. The highest BCUT2D eigenvalue weighted by Crippen LogP contribution is 2.38. The number of aliphatic imine (C=N–C) groups is 1. The molecule has 2 rings (SSSR count). The fraction of sp³-hybridized carbons (Fsp3) is 0.875. The van der Waals surface area contributed by atoms with Gasteiger partial charge in [-0.3, -0.25) is 9.79 Å². The lowest BCUT2D eigenvalue weighted by molar-refractivity contribution is -0.138. The lowest BCUT2D eigenvalue weighted by Gasteiger charge is -2.32. The van der Waals surface area contributed by atoms with Crippen LogP contribution in [0.5, 0.6) is 0 Å². The molecule has 0 unspecified atom stereocenters. The van der Waals surface area contributed by atoms with Gasteiger partial charge < -0.3 is 15.5 Å². The van der Waals surface area contributed by atoms with E-state index in [0.29, 0.717) is 6.54 Å². The molecule has 1 amide bonds. The number of nitrogens with zero attached hydrogens (tertiary/aromatic N) is 2. The molecule has 2 aliphatic rings. The molecule has 128 valence electrons. The predicted octanol–water partition coefficient (Wildman–Crippen LogP) is 2.22. The summed E-state index contributed by atoms with van der Waals surface area (Å²) in [6.45, 7) is 1.68. The third kappa shape index (κ3) is 4.73. The molecule has 2 saturated carbocycles. The molecule has 0 heterocycles. The molecular weight excluding hydrogens is 391 g/mol. The highest BCUT2D eigenvalue weighted by molar-refractivity contribution is 14.0. The Bertz CT molecular complexity index is 388. The summed E-state index contributed by atoms with van der Waals surface area (Å²) in [5.74, 6) is 1.88. The second-order valence-electron chi connectivity index (χ2n) is 6.79. The van der Waals surface area contributed by atoms with E-state index in [0.717, 1.165) is 44.1 Å². The zero-order chi connectivity index (χ0) is 15.3. The van der Waals surface area contributed by atoms with Crippen LogP contribution in [-0.2, 0) is 4.79 Å². The molecule has 0 saturated heterocycles. The number of carbonyl (C=O) groups is 1. The maximum atomic E-state index is 12.5. The molecule has 0 atom stereocenters. The van der Waals surface area contributed by atoms with E-state index in [1.54, 1.807) is 11.9 Å². The SMILES string of the molecule is CN=C(NCC1CCC1)NCC1(C(=O)N(C)C)CCCC1.I. The van der Waals surface area contributed by atoms with Crippen molar-refractivity contribution in [3.8, 4) is 0 Å². The lowest BCUT2D eigenvalue weighted by Crippen LogP contribution is -2.49. The molecule has 2 N–H and O–H groups in total. The van der Waals surface area contributed by atoms with Crippen LogP contribution >= 0.6 is 24.0 Å².